The first-order valence-electron chi connectivity index (χ1n) is 6.32. The molecular formula is C15H11N3OS2. The van der Waals surface area contributed by atoms with Crippen molar-refractivity contribution < 1.29 is 0 Å². The van der Waals surface area contributed by atoms with Crippen LogP contribution >= 0.6 is 23.1 Å². The number of hydrogen-bond acceptors (Lipinski definition) is 5. The van der Waals surface area contributed by atoms with Crippen LogP contribution in [0.25, 0.3) is 21.3 Å². The molecule has 0 spiro atoms. The zero-order chi connectivity index (χ0) is 14.8. The molecule has 4 nitrogen and oxygen atoms in total. The van der Waals surface area contributed by atoms with Crippen LogP contribution in [0, 0.1) is 11.3 Å². The van der Waals surface area contributed by atoms with Crippen LogP contribution in [0.5, 0.6) is 0 Å². The molecule has 0 unspecified atom stereocenters. The summed E-state index contributed by atoms with van der Waals surface area (Å²) in [6.07, 6.45) is 0. The van der Waals surface area contributed by atoms with Crippen molar-refractivity contribution in [3.05, 3.63) is 46.1 Å². The molecule has 1 N–H and O–H groups in total. The van der Waals surface area contributed by atoms with E-state index in [1.807, 2.05) is 35.7 Å². The van der Waals surface area contributed by atoms with Gasteiger partial charge >= 0.3 is 0 Å². The lowest BCUT2D eigenvalue weighted by Crippen LogP contribution is -2.09. The summed E-state index contributed by atoms with van der Waals surface area (Å²) in [4.78, 5) is 20.2. The van der Waals surface area contributed by atoms with E-state index in [0.717, 1.165) is 11.1 Å². The molecule has 21 heavy (non-hydrogen) atoms. The molecule has 0 bridgehead atoms. The zero-order valence-electron chi connectivity index (χ0n) is 11.2. The third-order valence-corrected chi connectivity index (χ3v) is 4.73. The summed E-state index contributed by atoms with van der Waals surface area (Å²) >= 11 is 2.70. The highest BCUT2D eigenvalue weighted by Gasteiger charge is 2.14. The molecule has 1 aromatic carbocycles. The number of nitrogens with one attached hydrogen (secondary N) is 1. The number of thioether (sulfide) groups is 1. The fourth-order valence-corrected chi connectivity index (χ4v) is 3.70. The molecule has 0 amide bonds. The van der Waals surface area contributed by atoms with E-state index in [1.165, 1.54) is 23.1 Å². The van der Waals surface area contributed by atoms with E-state index in [9.17, 15) is 4.79 Å². The van der Waals surface area contributed by atoms with Crippen LogP contribution in [0.15, 0.2) is 45.7 Å². The van der Waals surface area contributed by atoms with Crippen molar-refractivity contribution in [1.82, 2.24) is 9.97 Å². The van der Waals surface area contributed by atoms with Crippen molar-refractivity contribution in [3.63, 3.8) is 0 Å². The minimum absolute atomic E-state index is 0.159. The number of nitrogens with zero attached hydrogens (tertiary/aromatic N) is 2. The number of fused-ring (bicyclic) bond motifs is 1. The fourth-order valence-electron chi connectivity index (χ4n) is 2.01. The average molecular weight is 313 g/mol. The van der Waals surface area contributed by atoms with Gasteiger partial charge in [-0.25, -0.2) is 4.98 Å². The Kier molecular flexibility index (Phi) is 3.78. The summed E-state index contributed by atoms with van der Waals surface area (Å²) < 4.78 is 0. The van der Waals surface area contributed by atoms with Gasteiger partial charge in [-0.3, -0.25) is 4.79 Å². The second-order valence-corrected chi connectivity index (χ2v) is 6.64. The lowest BCUT2D eigenvalue weighted by atomic mass is 10.1. The minimum Gasteiger partial charge on any atom is -0.301 e. The number of rotatable bonds is 3. The van der Waals surface area contributed by atoms with Crippen LogP contribution in [-0.2, 0) is 0 Å². The van der Waals surface area contributed by atoms with Gasteiger partial charge in [-0.2, -0.15) is 5.26 Å². The van der Waals surface area contributed by atoms with E-state index in [4.69, 9.17) is 5.26 Å². The fraction of sp³-hybridized carbons (Fsp3) is 0.133. The molecule has 0 fully saturated rings. The first-order chi connectivity index (χ1) is 10.2. The number of hydrogen-bond donors (Lipinski definition) is 1. The van der Waals surface area contributed by atoms with Crippen molar-refractivity contribution in [3.8, 4) is 17.2 Å². The summed E-state index contributed by atoms with van der Waals surface area (Å²) in [6, 6.07) is 11.9. The summed E-state index contributed by atoms with van der Waals surface area (Å²) in [7, 11) is 0. The van der Waals surface area contributed by atoms with Gasteiger partial charge in [0.2, 0.25) is 0 Å². The van der Waals surface area contributed by atoms with Crippen molar-refractivity contribution in [2.24, 2.45) is 0 Å². The first-order valence-corrected chi connectivity index (χ1v) is 8.08. The Morgan fingerprint density at radius 3 is 2.86 bits per heavy atom. The molecule has 2 aromatic heterocycles. The van der Waals surface area contributed by atoms with Gasteiger partial charge in [-0.05, 0) is 12.5 Å². The molecule has 1 atom stereocenters. The topological polar surface area (TPSA) is 69.5 Å². The number of aromatic nitrogens is 2. The van der Waals surface area contributed by atoms with Gasteiger partial charge < -0.3 is 4.98 Å². The summed E-state index contributed by atoms with van der Waals surface area (Å²) in [5.41, 5.74) is 1.74. The van der Waals surface area contributed by atoms with E-state index in [0.29, 0.717) is 15.4 Å². The Bertz CT molecular complexity index is 877. The van der Waals surface area contributed by atoms with Crippen molar-refractivity contribution in [1.29, 1.82) is 5.26 Å². The van der Waals surface area contributed by atoms with Crippen molar-refractivity contribution >= 4 is 33.3 Å². The molecule has 0 saturated heterocycles. The van der Waals surface area contributed by atoms with Gasteiger partial charge in [0.15, 0.2) is 5.16 Å². The number of nitriles is 1. The maximum Gasteiger partial charge on any atom is 0.260 e. The normalized spacial score (nSPS) is 12.2. The van der Waals surface area contributed by atoms with Gasteiger partial charge in [0.1, 0.15) is 4.83 Å². The summed E-state index contributed by atoms with van der Waals surface area (Å²) in [5, 5.41) is 11.6. The van der Waals surface area contributed by atoms with E-state index < -0.39 is 0 Å². The van der Waals surface area contributed by atoms with Crippen LogP contribution in [0.4, 0.5) is 0 Å². The standard InChI is InChI=1S/C15H11N3OS2/c1-9(7-16)21-15-17-13(19)12-11(8-20-14(12)18-15)10-5-3-2-4-6-10/h2-6,8-9H,1H3,(H,17,18,19)/t9-/m0/s1. The predicted molar refractivity (Wildman–Crippen MR) is 86.6 cm³/mol. The lowest BCUT2D eigenvalue weighted by Gasteiger charge is -2.02. The Morgan fingerprint density at radius 1 is 1.38 bits per heavy atom. The maximum atomic E-state index is 12.3. The van der Waals surface area contributed by atoms with Crippen LogP contribution < -0.4 is 5.56 Å². The predicted octanol–water partition coefficient (Wildman–Crippen LogP) is 3.66. The van der Waals surface area contributed by atoms with Crippen LogP contribution in [-0.4, -0.2) is 15.2 Å². The Balaban J connectivity index is 2.12. The van der Waals surface area contributed by atoms with E-state index in [-0.39, 0.29) is 10.8 Å². The summed E-state index contributed by atoms with van der Waals surface area (Å²) in [5.74, 6) is 0. The number of H-pyrrole nitrogens is 1. The molecular weight excluding hydrogens is 302 g/mol. The highest BCUT2D eigenvalue weighted by molar-refractivity contribution is 8.00. The Morgan fingerprint density at radius 2 is 2.14 bits per heavy atom. The number of benzene rings is 1. The molecule has 0 saturated carbocycles. The summed E-state index contributed by atoms with van der Waals surface area (Å²) in [6.45, 7) is 1.78. The molecule has 3 rings (SSSR count). The van der Waals surface area contributed by atoms with E-state index in [1.54, 1.807) is 6.92 Å². The van der Waals surface area contributed by atoms with E-state index >= 15 is 0 Å². The van der Waals surface area contributed by atoms with Crippen molar-refractivity contribution in [2.75, 3.05) is 0 Å². The monoisotopic (exact) mass is 313 g/mol. The molecule has 0 aliphatic rings. The third-order valence-electron chi connectivity index (χ3n) is 2.98. The van der Waals surface area contributed by atoms with Gasteiger partial charge in [0.25, 0.3) is 5.56 Å². The SMILES string of the molecule is C[C@@H](C#N)Sc1nc2scc(-c3ccccc3)c2c(=O)[nH]1. The highest BCUT2D eigenvalue weighted by atomic mass is 32.2. The third kappa shape index (κ3) is 2.71. The quantitative estimate of drug-likeness (QED) is 0.592. The van der Waals surface area contributed by atoms with Crippen LogP contribution in [0.2, 0.25) is 0 Å². The first kappa shape index (κ1) is 13.9. The van der Waals surface area contributed by atoms with Gasteiger partial charge in [-0.1, -0.05) is 42.1 Å². The molecule has 3 aromatic rings. The Labute approximate surface area is 129 Å². The number of aromatic amines is 1. The molecule has 0 radical (unpaired) electrons. The van der Waals surface area contributed by atoms with Crippen LogP contribution in [0.3, 0.4) is 0 Å². The molecule has 0 aliphatic carbocycles. The lowest BCUT2D eigenvalue weighted by molar-refractivity contribution is 0.975. The van der Waals surface area contributed by atoms with Gasteiger partial charge in [-0.15, -0.1) is 11.3 Å². The number of thiophene rings is 1. The van der Waals surface area contributed by atoms with Gasteiger partial charge in [0.05, 0.1) is 16.7 Å². The van der Waals surface area contributed by atoms with E-state index in [2.05, 4.69) is 16.0 Å². The molecule has 2 heterocycles. The minimum atomic E-state index is -0.251. The Hall–Kier alpha value is -2.10. The van der Waals surface area contributed by atoms with Gasteiger partial charge in [0, 0.05) is 10.9 Å². The largest absolute Gasteiger partial charge is 0.301 e. The van der Waals surface area contributed by atoms with Crippen LogP contribution in [0.1, 0.15) is 6.92 Å². The highest BCUT2D eigenvalue weighted by Crippen LogP contribution is 2.31. The maximum absolute atomic E-state index is 12.3. The smallest absolute Gasteiger partial charge is 0.260 e. The van der Waals surface area contributed by atoms with Crippen molar-refractivity contribution in [2.45, 2.75) is 17.3 Å². The molecule has 104 valence electrons. The second-order valence-electron chi connectivity index (χ2n) is 4.46. The zero-order valence-corrected chi connectivity index (χ0v) is 12.8. The molecule has 0 aliphatic heterocycles. The average Bonchev–Trinajstić information content (AvgIpc) is 2.92. The second kappa shape index (κ2) is 5.72. The molecule has 6 heteroatoms.